The van der Waals surface area contributed by atoms with Crippen LogP contribution in [0.2, 0.25) is 0 Å². The van der Waals surface area contributed by atoms with E-state index < -0.39 is 45.2 Å². The number of hydrogen-bond donors (Lipinski definition) is 1. The topological polar surface area (TPSA) is 97.7 Å². The number of aliphatic hydroxyl groups is 1. The zero-order valence-electron chi connectivity index (χ0n) is 27.2. The van der Waals surface area contributed by atoms with Crippen LogP contribution >= 0.6 is 0 Å². The second-order valence-corrected chi connectivity index (χ2v) is 16.1. The molecule has 4 saturated carbocycles. The highest BCUT2D eigenvalue weighted by Gasteiger charge is 2.73. The summed E-state index contributed by atoms with van der Waals surface area (Å²) in [4.78, 5) is 55.6. The third-order valence-electron chi connectivity index (χ3n) is 13.7. The number of hydrogen-bond acceptors (Lipinski definition) is 6. The van der Waals surface area contributed by atoms with E-state index in [1.807, 2.05) is 12.2 Å². The summed E-state index contributed by atoms with van der Waals surface area (Å²) in [7, 11) is 1.47. The average Bonchev–Trinajstić information content (AvgIpc) is 2.94. The number of esters is 1. The highest BCUT2D eigenvalue weighted by Crippen LogP contribution is 2.75. The molecule has 4 fully saturated rings. The van der Waals surface area contributed by atoms with Crippen LogP contribution in [0.5, 0.6) is 0 Å². The molecule has 6 nitrogen and oxygen atoms in total. The first-order valence-corrected chi connectivity index (χ1v) is 16.3. The van der Waals surface area contributed by atoms with Gasteiger partial charge in [-0.15, -0.1) is 0 Å². The number of ether oxygens (including phenoxy) is 1. The molecule has 0 aliphatic heterocycles. The minimum atomic E-state index is -1.20. The standard InChI is InChI=1S/C36H52O6/c1-9-10-11-12-22-28(39)29(40)32(4,21-37)25-13-14-33(5)26(35(22,25)7)19-24(38)27-23-20-31(2,3)15-17-36(23,30(41)42-8)18-16-34(27,33)6/h12,19,23,25,27,37H,9-11,13-18,20-21H2,1-8H3/b22-12+/t23-,25-,27-,32+,33+,34+,35-,36-/m0/s1. The number of aliphatic hydroxyl groups excluding tert-OH is 1. The Balaban J connectivity index is 1.72. The first-order valence-electron chi connectivity index (χ1n) is 16.3. The van der Waals surface area contributed by atoms with Gasteiger partial charge in [-0.2, -0.15) is 0 Å². The molecule has 232 valence electrons. The van der Waals surface area contributed by atoms with Crippen LogP contribution in [0.3, 0.4) is 0 Å². The van der Waals surface area contributed by atoms with Gasteiger partial charge in [0.1, 0.15) is 0 Å². The Hall–Kier alpha value is -2.08. The predicted octanol–water partition coefficient (Wildman–Crippen LogP) is 6.59. The molecule has 0 unspecified atom stereocenters. The molecule has 0 heterocycles. The van der Waals surface area contributed by atoms with E-state index >= 15 is 0 Å². The fourth-order valence-electron chi connectivity index (χ4n) is 10.9. The SMILES string of the molecule is CCCC/C=C1\C(=O)C(=O)[C@](C)(CO)[C@@H]2CC[C@]3(C)C(=CC(=O)[C@@H]4[C@@H]5CC(C)(C)CC[C@]5(C(=O)OC)CC[C@]43C)[C@@]12C. The molecular weight excluding hydrogens is 528 g/mol. The van der Waals surface area contributed by atoms with Gasteiger partial charge in [0.05, 0.1) is 24.5 Å². The molecule has 42 heavy (non-hydrogen) atoms. The van der Waals surface area contributed by atoms with Gasteiger partial charge in [0.2, 0.25) is 11.6 Å². The summed E-state index contributed by atoms with van der Waals surface area (Å²) in [5.74, 6) is -1.86. The average molecular weight is 581 g/mol. The predicted molar refractivity (Wildman–Crippen MR) is 161 cm³/mol. The van der Waals surface area contributed by atoms with Crippen LogP contribution in [0.4, 0.5) is 0 Å². The zero-order valence-corrected chi connectivity index (χ0v) is 27.2. The minimum absolute atomic E-state index is 0.0174. The monoisotopic (exact) mass is 580 g/mol. The number of methoxy groups -OCH3 is 1. The lowest BCUT2D eigenvalue weighted by Crippen LogP contribution is -2.67. The Morgan fingerprint density at radius 3 is 2.31 bits per heavy atom. The lowest BCUT2D eigenvalue weighted by atomic mass is 9.33. The van der Waals surface area contributed by atoms with Crippen molar-refractivity contribution in [3.05, 3.63) is 23.3 Å². The molecule has 0 aromatic carbocycles. The van der Waals surface area contributed by atoms with Gasteiger partial charge in [0.15, 0.2) is 5.78 Å². The molecular formula is C36H52O6. The maximum atomic E-state index is 14.7. The summed E-state index contributed by atoms with van der Waals surface area (Å²) in [6.45, 7) is 14.6. The van der Waals surface area contributed by atoms with E-state index in [2.05, 4.69) is 41.5 Å². The third-order valence-corrected chi connectivity index (χ3v) is 13.7. The van der Waals surface area contributed by atoms with Crippen molar-refractivity contribution < 1.29 is 29.0 Å². The summed E-state index contributed by atoms with van der Waals surface area (Å²) in [5.41, 5.74) is -2.04. The Labute approximate surface area is 252 Å². The largest absolute Gasteiger partial charge is 0.469 e. The van der Waals surface area contributed by atoms with Crippen LogP contribution in [-0.2, 0) is 23.9 Å². The molecule has 1 N–H and O–H groups in total. The maximum absolute atomic E-state index is 14.7. The quantitative estimate of drug-likeness (QED) is 0.171. The molecule has 6 heteroatoms. The van der Waals surface area contributed by atoms with Crippen LogP contribution < -0.4 is 0 Å². The van der Waals surface area contributed by atoms with E-state index in [-0.39, 0.29) is 34.9 Å². The number of Topliss-reactive ketones (excluding diaryl/α,β-unsaturated/α-hetero) is 2. The van der Waals surface area contributed by atoms with Gasteiger partial charge in [-0.3, -0.25) is 19.2 Å². The molecule has 5 aliphatic carbocycles. The number of carbonyl (C=O) groups is 4. The Morgan fingerprint density at radius 1 is 1.02 bits per heavy atom. The smallest absolute Gasteiger partial charge is 0.312 e. The van der Waals surface area contributed by atoms with Gasteiger partial charge in [-0.1, -0.05) is 60.5 Å². The van der Waals surface area contributed by atoms with Crippen molar-refractivity contribution in [1.82, 2.24) is 0 Å². The number of allylic oxidation sites excluding steroid dienone is 4. The van der Waals surface area contributed by atoms with Crippen LogP contribution in [0, 0.1) is 50.2 Å². The molecule has 0 aromatic rings. The Morgan fingerprint density at radius 2 is 1.69 bits per heavy atom. The summed E-state index contributed by atoms with van der Waals surface area (Å²) in [6.07, 6.45) is 11.7. The van der Waals surface area contributed by atoms with E-state index in [1.165, 1.54) is 7.11 Å². The number of fused-ring (bicyclic) bond motifs is 7. The number of unbranched alkanes of at least 4 members (excludes halogenated alkanes) is 2. The van der Waals surface area contributed by atoms with Crippen LogP contribution in [0.1, 0.15) is 113 Å². The van der Waals surface area contributed by atoms with E-state index in [0.29, 0.717) is 24.8 Å². The van der Waals surface area contributed by atoms with Crippen LogP contribution in [0.25, 0.3) is 0 Å². The normalized spacial score (nSPS) is 45.4. The molecule has 0 radical (unpaired) electrons. The van der Waals surface area contributed by atoms with Crippen LogP contribution in [-0.4, -0.2) is 42.1 Å². The highest BCUT2D eigenvalue weighted by atomic mass is 16.5. The van der Waals surface area contributed by atoms with Gasteiger partial charge < -0.3 is 9.84 Å². The molecule has 0 aromatic heterocycles. The van der Waals surface area contributed by atoms with Gasteiger partial charge in [-0.25, -0.2) is 0 Å². The number of rotatable bonds is 5. The van der Waals surface area contributed by atoms with Crippen molar-refractivity contribution in [3.8, 4) is 0 Å². The van der Waals surface area contributed by atoms with Gasteiger partial charge >= 0.3 is 5.97 Å². The lowest BCUT2D eigenvalue weighted by Gasteiger charge is -2.69. The fourth-order valence-corrected chi connectivity index (χ4v) is 10.9. The second kappa shape index (κ2) is 9.97. The summed E-state index contributed by atoms with van der Waals surface area (Å²) in [6, 6.07) is 0. The number of ketones is 3. The first-order chi connectivity index (χ1) is 19.5. The third kappa shape index (κ3) is 3.85. The van der Waals surface area contributed by atoms with Crippen molar-refractivity contribution >= 4 is 23.3 Å². The zero-order chi connectivity index (χ0) is 31.1. The second-order valence-electron chi connectivity index (χ2n) is 16.1. The van der Waals surface area contributed by atoms with Crippen molar-refractivity contribution in [2.45, 2.75) is 113 Å². The summed E-state index contributed by atoms with van der Waals surface area (Å²) < 4.78 is 5.44. The Bertz CT molecular complexity index is 1270. The van der Waals surface area contributed by atoms with Gasteiger partial charge in [0, 0.05) is 16.9 Å². The van der Waals surface area contributed by atoms with Crippen molar-refractivity contribution in [2.75, 3.05) is 13.7 Å². The van der Waals surface area contributed by atoms with Crippen LogP contribution in [0.15, 0.2) is 23.3 Å². The minimum Gasteiger partial charge on any atom is -0.469 e. The molecule has 0 saturated heterocycles. The van der Waals surface area contributed by atoms with E-state index in [4.69, 9.17) is 4.74 Å². The van der Waals surface area contributed by atoms with E-state index in [0.717, 1.165) is 50.5 Å². The molecule has 5 rings (SSSR count). The number of carbonyl (C=O) groups excluding carboxylic acids is 4. The Kier molecular flexibility index (Phi) is 7.44. The highest BCUT2D eigenvalue weighted by molar-refractivity contribution is 6.46. The fraction of sp³-hybridized carbons (Fsp3) is 0.778. The molecule has 0 spiro atoms. The van der Waals surface area contributed by atoms with E-state index in [1.54, 1.807) is 6.92 Å². The van der Waals surface area contributed by atoms with Crippen molar-refractivity contribution in [2.24, 2.45) is 50.2 Å². The maximum Gasteiger partial charge on any atom is 0.312 e. The first kappa shape index (κ1) is 31.3. The van der Waals surface area contributed by atoms with Gasteiger partial charge in [0.25, 0.3) is 0 Å². The summed E-state index contributed by atoms with van der Waals surface area (Å²) in [5, 5.41) is 10.6. The van der Waals surface area contributed by atoms with Gasteiger partial charge in [-0.05, 0) is 98.0 Å². The molecule has 0 bridgehead atoms. The van der Waals surface area contributed by atoms with E-state index in [9.17, 15) is 24.3 Å². The van der Waals surface area contributed by atoms with Crippen molar-refractivity contribution in [3.63, 3.8) is 0 Å². The summed E-state index contributed by atoms with van der Waals surface area (Å²) >= 11 is 0. The molecule has 8 atom stereocenters. The van der Waals surface area contributed by atoms with Crippen molar-refractivity contribution in [1.29, 1.82) is 0 Å². The molecule has 5 aliphatic rings. The lowest BCUT2D eigenvalue weighted by molar-refractivity contribution is -0.192. The molecule has 0 amide bonds.